The van der Waals surface area contributed by atoms with Crippen LogP contribution < -0.4 is 6.15 Å². The minimum atomic E-state index is -0.750. The molecule has 0 spiro atoms. The molecule has 0 atom stereocenters. The van der Waals surface area contributed by atoms with Gasteiger partial charge in [-0.3, -0.25) is 0 Å². The SMILES string of the molecule is ClC(Cl)Cl.N.O. The van der Waals surface area contributed by atoms with Crippen molar-refractivity contribution < 1.29 is 5.48 Å². The molecule has 0 amide bonds. The maximum absolute atomic E-state index is 4.81. The minimum Gasteiger partial charge on any atom is -0.412 e. The Bertz CT molecular complexity index is 15.5. The summed E-state index contributed by atoms with van der Waals surface area (Å²) in [6, 6.07) is 0. The van der Waals surface area contributed by atoms with Gasteiger partial charge in [0.1, 0.15) is 0 Å². The van der Waals surface area contributed by atoms with Crippen LogP contribution >= 0.6 is 34.8 Å². The van der Waals surface area contributed by atoms with Crippen LogP contribution in [0.5, 0.6) is 0 Å². The van der Waals surface area contributed by atoms with Crippen molar-refractivity contribution >= 4 is 34.8 Å². The quantitative estimate of drug-likeness (QED) is 0.526. The first kappa shape index (κ1) is 15.8. The molecule has 0 heterocycles. The Kier molecular flexibility index (Phi) is 24.4. The van der Waals surface area contributed by atoms with Crippen molar-refractivity contribution in [1.82, 2.24) is 6.15 Å². The summed E-state index contributed by atoms with van der Waals surface area (Å²) >= 11 is 14.4. The minimum absolute atomic E-state index is 0. The highest BCUT2D eigenvalue weighted by Crippen LogP contribution is 2.03. The Morgan fingerprint density at radius 1 is 1.00 bits per heavy atom. The maximum atomic E-state index is 4.81. The summed E-state index contributed by atoms with van der Waals surface area (Å²) in [5, 5.41) is 0. The fourth-order valence-electron chi connectivity index (χ4n) is 0. The Hall–Kier alpha value is 0.790. The van der Waals surface area contributed by atoms with Gasteiger partial charge in [0, 0.05) is 0 Å². The first-order valence-electron chi connectivity index (χ1n) is 0.655. The van der Waals surface area contributed by atoms with Crippen molar-refractivity contribution in [3.8, 4) is 0 Å². The Labute approximate surface area is 51.3 Å². The van der Waals surface area contributed by atoms with Crippen LogP contribution in [0.15, 0.2) is 0 Å². The van der Waals surface area contributed by atoms with E-state index in [1.54, 1.807) is 0 Å². The van der Waals surface area contributed by atoms with Crippen LogP contribution in [0.2, 0.25) is 0 Å². The van der Waals surface area contributed by atoms with Crippen molar-refractivity contribution in [3.05, 3.63) is 0 Å². The molecule has 0 bridgehead atoms. The Morgan fingerprint density at radius 2 is 1.00 bits per heavy atom. The van der Waals surface area contributed by atoms with Crippen LogP contribution in [0, 0.1) is 0 Å². The number of hydrogen-bond donors (Lipinski definition) is 1. The van der Waals surface area contributed by atoms with Gasteiger partial charge in [-0.05, 0) is 0 Å². The monoisotopic (exact) mass is 153 g/mol. The average Bonchev–Trinajstić information content (AvgIpc) is 0.811. The maximum Gasteiger partial charge on any atom is 0.180 e. The highest BCUT2D eigenvalue weighted by atomic mass is 35.6. The van der Waals surface area contributed by atoms with E-state index >= 15 is 0 Å². The van der Waals surface area contributed by atoms with Gasteiger partial charge in [0.05, 0.1) is 0 Å². The summed E-state index contributed by atoms with van der Waals surface area (Å²) in [4.78, 5) is 0. The lowest BCUT2D eigenvalue weighted by Gasteiger charge is -1.69. The van der Waals surface area contributed by atoms with Gasteiger partial charge in [-0.25, -0.2) is 0 Å². The van der Waals surface area contributed by atoms with Crippen molar-refractivity contribution in [2.75, 3.05) is 0 Å². The summed E-state index contributed by atoms with van der Waals surface area (Å²) in [6.07, 6.45) is 0. The normalized spacial score (nSPS) is 6.00. The number of hydrogen-bond acceptors (Lipinski definition) is 1. The fraction of sp³-hybridized carbons (Fsp3) is 1.00. The van der Waals surface area contributed by atoms with E-state index in [-0.39, 0.29) is 11.6 Å². The molecule has 2 nitrogen and oxygen atoms in total. The molecular weight excluding hydrogens is 148 g/mol. The van der Waals surface area contributed by atoms with Crippen molar-refractivity contribution in [2.24, 2.45) is 0 Å². The van der Waals surface area contributed by atoms with Crippen LogP contribution in [0.25, 0.3) is 0 Å². The molecule has 0 saturated heterocycles. The van der Waals surface area contributed by atoms with E-state index in [1.807, 2.05) is 0 Å². The molecule has 6 heavy (non-hydrogen) atoms. The van der Waals surface area contributed by atoms with Gasteiger partial charge in [-0.15, -0.1) is 0 Å². The molecule has 42 valence electrons. The van der Waals surface area contributed by atoms with Gasteiger partial charge in [0.25, 0.3) is 0 Å². The fourth-order valence-corrected chi connectivity index (χ4v) is 0. The zero-order valence-corrected chi connectivity index (χ0v) is 5.19. The lowest BCUT2D eigenvalue weighted by Crippen LogP contribution is -1.55. The molecular formula is CH6Cl3NO. The predicted molar refractivity (Wildman–Crippen MR) is 30.0 cm³/mol. The third-order valence-corrected chi connectivity index (χ3v) is 0. The van der Waals surface area contributed by atoms with Crippen LogP contribution in [0.3, 0.4) is 0 Å². The molecule has 0 aliphatic rings. The van der Waals surface area contributed by atoms with Crippen molar-refractivity contribution in [3.63, 3.8) is 0 Å². The molecule has 0 aliphatic heterocycles. The average molecular weight is 154 g/mol. The van der Waals surface area contributed by atoms with E-state index in [0.717, 1.165) is 0 Å². The second kappa shape index (κ2) is 9.25. The van der Waals surface area contributed by atoms with Crippen molar-refractivity contribution in [2.45, 2.75) is 4.30 Å². The summed E-state index contributed by atoms with van der Waals surface area (Å²) < 4.78 is -0.750. The summed E-state index contributed by atoms with van der Waals surface area (Å²) in [7, 11) is 0. The van der Waals surface area contributed by atoms with Gasteiger partial charge >= 0.3 is 0 Å². The lowest BCUT2D eigenvalue weighted by atomic mass is 11.9. The van der Waals surface area contributed by atoms with Crippen LogP contribution in [-0.2, 0) is 0 Å². The van der Waals surface area contributed by atoms with E-state index in [0.29, 0.717) is 0 Å². The first-order chi connectivity index (χ1) is 1.73. The molecule has 0 aromatic heterocycles. The molecule has 0 aromatic carbocycles. The van der Waals surface area contributed by atoms with E-state index in [1.165, 1.54) is 0 Å². The standard InChI is InChI=1S/CHCl3.H3N.H2O/c2-1(3)4;;/h1H;1H3;1H2. The third-order valence-electron chi connectivity index (χ3n) is 0. The molecule has 0 rings (SSSR count). The molecule has 0 saturated carbocycles. The Morgan fingerprint density at radius 3 is 1.00 bits per heavy atom. The van der Waals surface area contributed by atoms with Gasteiger partial charge < -0.3 is 11.6 Å². The van der Waals surface area contributed by atoms with Gasteiger partial charge in [0.2, 0.25) is 0 Å². The number of halogens is 3. The van der Waals surface area contributed by atoms with Gasteiger partial charge in [-0.2, -0.15) is 0 Å². The molecule has 0 unspecified atom stereocenters. The second-order valence-electron chi connectivity index (χ2n) is 0.247. The zero-order chi connectivity index (χ0) is 3.58. The number of rotatable bonds is 0. The first-order valence-corrected chi connectivity index (χ1v) is 1.96. The number of alkyl halides is 3. The largest absolute Gasteiger partial charge is 0.412 e. The second-order valence-corrected chi connectivity index (χ2v) is 2.23. The summed E-state index contributed by atoms with van der Waals surface area (Å²) in [5.41, 5.74) is 0. The topological polar surface area (TPSA) is 66.5 Å². The van der Waals surface area contributed by atoms with E-state index < -0.39 is 4.30 Å². The smallest absolute Gasteiger partial charge is 0.180 e. The summed E-state index contributed by atoms with van der Waals surface area (Å²) in [6.45, 7) is 0. The molecule has 5 heteroatoms. The Balaban J connectivity index is -0.0000000450. The van der Waals surface area contributed by atoms with E-state index in [4.69, 9.17) is 34.8 Å². The molecule has 0 aromatic rings. The van der Waals surface area contributed by atoms with Crippen LogP contribution in [0.1, 0.15) is 0 Å². The predicted octanol–water partition coefficient (Wildman–Crippen LogP) is 1.32. The van der Waals surface area contributed by atoms with Crippen molar-refractivity contribution in [1.29, 1.82) is 0 Å². The zero-order valence-electron chi connectivity index (χ0n) is 2.92. The molecule has 0 aliphatic carbocycles. The van der Waals surface area contributed by atoms with E-state index in [9.17, 15) is 0 Å². The van der Waals surface area contributed by atoms with Gasteiger partial charge in [-0.1, -0.05) is 34.8 Å². The highest BCUT2D eigenvalue weighted by molar-refractivity contribution is 6.63. The van der Waals surface area contributed by atoms with Gasteiger partial charge in [0.15, 0.2) is 4.30 Å². The lowest BCUT2D eigenvalue weighted by molar-refractivity contribution is 0.824. The third kappa shape index (κ3) is 110. The molecule has 5 N–H and O–H groups in total. The van der Waals surface area contributed by atoms with Crippen LogP contribution in [-0.4, -0.2) is 9.77 Å². The molecule has 0 radical (unpaired) electrons. The summed E-state index contributed by atoms with van der Waals surface area (Å²) in [5.74, 6) is 0. The van der Waals surface area contributed by atoms with E-state index in [2.05, 4.69) is 0 Å². The highest BCUT2D eigenvalue weighted by Gasteiger charge is 1.78. The molecule has 0 fully saturated rings. The van der Waals surface area contributed by atoms with Crippen LogP contribution in [0.4, 0.5) is 0 Å².